The highest BCUT2D eigenvalue weighted by molar-refractivity contribution is 7.14. The number of aromatic nitrogens is 1. The fourth-order valence-corrected chi connectivity index (χ4v) is 2.66. The number of carbonyl (C=O) groups excluding carboxylic acids is 3. The first-order chi connectivity index (χ1) is 12.1. The Labute approximate surface area is 147 Å². The van der Waals surface area contributed by atoms with Crippen LogP contribution >= 0.6 is 11.3 Å². The van der Waals surface area contributed by atoms with Gasteiger partial charge in [0.25, 0.3) is 5.91 Å². The van der Waals surface area contributed by atoms with E-state index in [1.807, 2.05) is 0 Å². The van der Waals surface area contributed by atoms with Crippen molar-refractivity contribution < 1.29 is 23.5 Å². The van der Waals surface area contributed by atoms with Gasteiger partial charge in [-0.05, 0) is 30.9 Å². The summed E-state index contributed by atoms with van der Waals surface area (Å²) in [6.07, 6.45) is 3.62. The summed E-state index contributed by atoms with van der Waals surface area (Å²) in [4.78, 5) is 39.3. The minimum absolute atomic E-state index is 0.0169. The SMILES string of the molecule is O=C(Cc1csc(NC(=O)c2ccco2)n1)NCC(=O)OCC1CC1. The van der Waals surface area contributed by atoms with Crippen molar-refractivity contribution in [2.24, 2.45) is 5.92 Å². The molecule has 8 nitrogen and oxygen atoms in total. The van der Waals surface area contributed by atoms with Crippen molar-refractivity contribution in [3.63, 3.8) is 0 Å². The van der Waals surface area contributed by atoms with Crippen molar-refractivity contribution in [3.05, 3.63) is 35.2 Å². The van der Waals surface area contributed by atoms with Crippen molar-refractivity contribution in [1.82, 2.24) is 10.3 Å². The monoisotopic (exact) mass is 363 g/mol. The molecule has 0 radical (unpaired) electrons. The standard InChI is InChI=1S/C16H17N3O5S/c20-13(17-7-14(21)24-8-10-3-4-10)6-11-9-25-16(18-11)19-15(22)12-2-1-5-23-12/h1-2,5,9-10H,3-4,6-8H2,(H,17,20)(H,18,19,22). The van der Waals surface area contributed by atoms with Gasteiger partial charge in [-0.15, -0.1) is 11.3 Å². The van der Waals surface area contributed by atoms with E-state index in [1.165, 1.54) is 17.6 Å². The quantitative estimate of drug-likeness (QED) is 0.689. The number of esters is 1. The average Bonchev–Trinajstić information content (AvgIpc) is 3.06. The molecule has 132 valence electrons. The van der Waals surface area contributed by atoms with E-state index in [0.29, 0.717) is 23.4 Å². The summed E-state index contributed by atoms with van der Waals surface area (Å²) < 4.78 is 10.0. The summed E-state index contributed by atoms with van der Waals surface area (Å²) in [5.41, 5.74) is 0.503. The molecule has 0 atom stereocenters. The van der Waals surface area contributed by atoms with Crippen LogP contribution in [0.25, 0.3) is 0 Å². The highest BCUT2D eigenvalue weighted by Crippen LogP contribution is 2.28. The predicted octanol–water partition coefficient (Wildman–Crippen LogP) is 1.60. The number of thiazole rings is 1. The third kappa shape index (κ3) is 5.42. The van der Waals surface area contributed by atoms with Crippen LogP contribution in [0.1, 0.15) is 29.1 Å². The molecule has 2 heterocycles. The molecular weight excluding hydrogens is 346 g/mol. The Hall–Kier alpha value is -2.68. The maximum Gasteiger partial charge on any atom is 0.325 e. The van der Waals surface area contributed by atoms with Gasteiger partial charge in [0.05, 0.1) is 25.0 Å². The number of nitrogens with one attached hydrogen (secondary N) is 2. The van der Waals surface area contributed by atoms with Gasteiger partial charge in [-0.3, -0.25) is 19.7 Å². The van der Waals surface area contributed by atoms with Gasteiger partial charge < -0.3 is 14.5 Å². The third-order valence-electron chi connectivity index (χ3n) is 3.47. The van der Waals surface area contributed by atoms with Gasteiger partial charge in [0.15, 0.2) is 10.9 Å². The summed E-state index contributed by atoms with van der Waals surface area (Å²) in [5, 5.41) is 7.12. The summed E-state index contributed by atoms with van der Waals surface area (Å²) in [7, 11) is 0. The van der Waals surface area contributed by atoms with E-state index in [-0.39, 0.29) is 24.6 Å². The first-order valence-electron chi connectivity index (χ1n) is 7.82. The first kappa shape index (κ1) is 17.2. The number of hydrogen-bond acceptors (Lipinski definition) is 7. The van der Waals surface area contributed by atoms with Crippen molar-refractivity contribution in [2.75, 3.05) is 18.5 Å². The van der Waals surface area contributed by atoms with Crippen molar-refractivity contribution in [3.8, 4) is 0 Å². The zero-order valence-corrected chi connectivity index (χ0v) is 14.1. The van der Waals surface area contributed by atoms with E-state index in [0.717, 1.165) is 12.8 Å². The topological polar surface area (TPSA) is 111 Å². The fourth-order valence-electron chi connectivity index (χ4n) is 1.96. The number of nitrogens with zero attached hydrogens (tertiary/aromatic N) is 1. The lowest BCUT2D eigenvalue weighted by Crippen LogP contribution is -2.32. The predicted molar refractivity (Wildman–Crippen MR) is 89.2 cm³/mol. The molecule has 0 saturated heterocycles. The van der Waals surface area contributed by atoms with E-state index >= 15 is 0 Å². The lowest BCUT2D eigenvalue weighted by molar-refractivity contribution is -0.144. The van der Waals surface area contributed by atoms with Gasteiger partial charge in [-0.25, -0.2) is 4.98 Å². The van der Waals surface area contributed by atoms with Crippen molar-refractivity contribution in [1.29, 1.82) is 0 Å². The second-order valence-electron chi connectivity index (χ2n) is 5.66. The number of anilines is 1. The Morgan fingerprint density at radius 2 is 2.20 bits per heavy atom. The van der Waals surface area contributed by atoms with E-state index in [9.17, 15) is 14.4 Å². The number of carbonyl (C=O) groups is 3. The molecule has 2 N–H and O–H groups in total. The van der Waals surface area contributed by atoms with Crippen LogP contribution in [0.15, 0.2) is 28.2 Å². The molecule has 0 aliphatic heterocycles. The molecule has 9 heteroatoms. The summed E-state index contributed by atoms with van der Waals surface area (Å²) in [5.74, 6) is -0.514. The molecule has 25 heavy (non-hydrogen) atoms. The Bertz CT molecular complexity index is 752. The van der Waals surface area contributed by atoms with Crippen LogP contribution in [0.5, 0.6) is 0 Å². The lowest BCUT2D eigenvalue weighted by atomic mass is 10.3. The lowest BCUT2D eigenvalue weighted by Gasteiger charge is -2.05. The number of hydrogen-bond donors (Lipinski definition) is 2. The molecule has 1 saturated carbocycles. The van der Waals surface area contributed by atoms with Gasteiger partial charge in [0.2, 0.25) is 5.91 Å². The Morgan fingerprint density at radius 1 is 1.36 bits per heavy atom. The summed E-state index contributed by atoms with van der Waals surface area (Å²) in [6.45, 7) is 0.275. The molecule has 1 aliphatic rings. The van der Waals surface area contributed by atoms with Crippen molar-refractivity contribution in [2.45, 2.75) is 19.3 Å². The first-order valence-corrected chi connectivity index (χ1v) is 8.69. The zero-order valence-electron chi connectivity index (χ0n) is 13.3. The van der Waals surface area contributed by atoms with Gasteiger partial charge in [0, 0.05) is 5.38 Å². The van der Waals surface area contributed by atoms with E-state index in [1.54, 1.807) is 17.5 Å². The van der Waals surface area contributed by atoms with Crippen LogP contribution in [0.3, 0.4) is 0 Å². The van der Waals surface area contributed by atoms with Gasteiger partial charge in [-0.2, -0.15) is 0 Å². The zero-order chi connectivity index (χ0) is 17.6. The van der Waals surface area contributed by atoms with E-state index < -0.39 is 11.9 Å². The molecular formula is C16H17N3O5S. The summed E-state index contributed by atoms with van der Waals surface area (Å²) in [6, 6.07) is 3.15. The molecule has 0 spiro atoms. The molecule has 2 aromatic heterocycles. The smallest absolute Gasteiger partial charge is 0.325 e. The number of rotatable bonds is 8. The van der Waals surface area contributed by atoms with Crippen LogP contribution in [-0.4, -0.2) is 35.9 Å². The van der Waals surface area contributed by atoms with Gasteiger partial charge in [-0.1, -0.05) is 0 Å². The maximum atomic E-state index is 11.8. The minimum atomic E-state index is -0.440. The molecule has 2 amide bonds. The van der Waals surface area contributed by atoms with Gasteiger partial charge >= 0.3 is 5.97 Å². The molecule has 2 aromatic rings. The molecule has 0 unspecified atom stereocenters. The Kier molecular flexibility index (Phi) is 5.44. The number of amides is 2. The average molecular weight is 363 g/mol. The third-order valence-corrected chi connectivity index (χ3v) is 4.27. The fraction of sp³-hybridized carbons (Fsp3) is 0.375. The molecule has 0 bridgehead atoms. The van der Waals surface area contributed by atoms with Crippen LogP contribution in [0.4, 0.5) is 5.13 Å². The van der Waals surface area contributed by atoms with Crippen LogP contribution in [0.2, 0.25) is 0 Å². The van der Waals surface area contributed by atoms with E-state index in [4.69, 9.17) is 9.15 Å². The minimum Gasteiger partial charge on any atom is -0.464 e. The largest absolute Gasteiger partial charge is 0.464 e. The molecule has 3 rings (SSSR count). The van der Waals surface area contributed by atoms with Crippen LogP contribution in [0, 0.1) is 5.92 Å². The van der Waals surface area contributed by atoms with Crippen molar-refractivity contribution >= 4 is 34.3 Å². The highest BCUT2D eigenvalue weighted by atomic mass is 32.1. The van der Waals surface area contributed by atoms with Gasteiger partial charge in [0.1, 0.15) is 6.54 Å². The molecule has 1 fully saturated rings. The number of furan rings is 1. The Morgan fingerprint density at radius 3 is 2.92 bits per heavy atom. The van der Waals surface area contributed by atoms with Crippen LogP contribution in [-0.2, 0) is 20.7 Å². The second-order valence-corrected chi connectivity index (χ2v) is 6.51. The molecule has 1 aliphatic carbocycles. The normalized spacial score (nSPS) is 13.3. The highest BCUT2D eigenvalue weighted by Gasteiger charge is 2.23. The Balaban J connectivity index is 1.40. The number of ether oxygens (including phenoxy) is 1. The van der Waals surface area contributed by atoms with Crippen LogP contribution < -0.4 is 10.6 Å². The molecule has 0 aromatic carbocycles. The van der Waals surface area contributed by atoms with E-state index in [2.05, 4.69) is 15.6 Å². The maximum absolute atomic E-state index is 11.8. The summed E-state index contributed by atoms with van der Waals surface area (Å²) >= 11 is 1.20. The second kappa shape index (κ2) is 7.93.